The lowest BCUT2D eigenvalue weighted by molar-refractivity contribution is -0.121. The summed E-state index contributed by atoms with van der Waals surface area (Å²) in [7, 11) is -2.43. The van der Waals surface area contributed by atoms with Crippen LogP contribution in [0.25, 0.3) is 0 Å². The maximum absolute atomic E-state index is 13.6. The van der Waals surface area contributed by atoms with Gasteiger partial charge < -0.3 is 14.6 Å². The van der Waals surface area contributed by atoms with Gasteiger partial charge in [0, 0.05) is 31.5 Å². The molecule has 0 saturated heterocycles. The maximum Gasteiger partial charge on any atom is 0.247 e. The van der Waals surface area contributed by atoms with Crippen molar-refractivity contribution in [2.24, 2.45) is 0 Å². The molecule has 0 bridgehead atoms. The summed E-state index contributed by atoms with van der Waals surface area (Å²) >= 11 is 0. The Morgan fingerprint density at radius 3 is 2.74 bits per heavy atom. The second-order valence-corrected chi connectivity index (χ2v) is 9.86. The van der Waals surface area contributed by atoms with Crippen molar-refractivity contribution in [3.05, 3.63) is 42.5 Å². The lowest BCUT2D eigenvalue weighted by Crippen LogP contribution is -2.47. The van der Waals surface area contributed by atoms with E-state index in [4.69, 9.17) is 4.74 Å². The maximum atomic E-state index is 13.6. The Labute approximate surface area is 184 Å². The minimum atomic E-state index is -3.89. The molecule has 1 aliphatic rings. The zero-order chi connectivity index (χ0) is 22.3. The minimum Gasteiger partial charge on any atom is -0.495 e. The second kappa shape index (κ2) is 10.8. The number of carbonyl (C=O) groups excluding carboxylic acids is 1. The molecular formula is C22H32N4O4S. The largest absolute Gasteiger partial charge is 0.495 e. The van der Waals surface area contributed by atoms with Gasteiger partial charge in [-0.25, -0.2) is 13.4 Å². The van der Waals surface area contributed by atoms with Gasteiger partial charge in [0.05, 0.1) is 20.0 Å². The van der Waals surface area contributed by atoms with Crippen LogP contribution in [0.3, 0.4) is 0 Å². The highest BCUT2D eigenvalue weighted by Gasteiger charge is 2.35. The SMILES string of the molecule is COc1ccc(C)cc1S(=O)(=O)N(CC(=O)NCCCn1ccnc1)C1CCCCC1. The van der Waals surface area contributed by atoms with Crippen molar-refractivity contribution in [3.8, 4) is 5.75 Å². The average Bonchev–Trinajstić information content (AvgIpc) is 3.29. The Bertz CT molecular complexity index is 954. The Balaban J connectivity index is 1.73. The second-order valence-electron chi connectivity index (χ2n) is 8.00. The Morgan fingerprint density at radius 2 is 2.06 bits per heavy atom. The Hall–Kier alpha value is -2.39. The number of benzene rings is 1. The average molecular weight is 449 g/mol. The molecule has 3 rings (SSSR count). The number of imidazole rings is 1. The Morgan fingerprint density at radius 1 is 1.29 bits per heavy atom. The van der Waals surface area contributed by atoms with Crippen molar-refractivity contribution < 1.29 is 17.9 Å². The van der Waals surface area contributed by atoms with Crippen LogP contribution in [-0.4, -0.2) is 54.4 Å². The number of rotatable bonds is 10. The molecule has 1 aliphatic carbocycles. The summed E-state index contributed by atoms with van der Waals surface area (Å²) in [4.78, 5) is 16.8. The van der Waals surface area contributed by atoms with Gasteiger partial charge >= 0.3 is 0 Å². The van der Waals surface area contributed by atoms with Crippen LogP contribution >= 0.6 is 0 Å². The molecule has 0 aliphatic heterocycles. The molecule has 2 aromatic rings. The van der Waals surface area contributed by atoms with Crippen LogP contribution in [0.5, 0.6) is 5.75 Å². The van der Waals surface area contributed by atoms with Gasteiger partial charge in [0.2, 0.25) is 15.9 Å². The fourth-order valence-electron chi connectivity index (χ4n) is 4.00. The summed E-state index contributed by atoms with van der Waals surface area (Å²) in [5.41, 5.74) is 0.826. The van der Waals surface area contributed by atoms with Gasteiger partial charge in [0.15, 0.2) is 0 Å². The molecule has 1 N–H and O–H groups in total. The van der Waals surface area contributed by atoms with Crippen molar-refractivity contribution in [3.63, 3.8) is 0 Å². The van der Waals surface area contributed by atoms with Gasteiger partial charge in [0.1, 0.15) is 10.6 Å². The van der Waals surface area contributed by atoms with Crippen LogP contribution in [-0.2, 0) is 21.4 Å². The third-order valence-electron chi connectivity index (χ3n) is 5.66. The molecule has 1 heterocycles. The van der Waals surface area contributed by atoms with E-state index in [0.29, 0.717) is 12.3 Å². The van der Waals surface area contributed by atoms with E-state index >= 15 is 0 Å². The molecule has 170 valence electrons. The van der Waals surface area contributed by atoms with Gasteiger partial charge in [-0.1, -0.05) is 25.3 Å². The van der Waals surface area contributed by atoms with Crippen LogP contribution in [0.4, 0.5) is 0 Å². The first kappa shape index (κ1) is 23.3. The number of hydrogen-bond acceptors (Lipinski definition) is 5. The van der Waals surface area contributed by atoms with E-state index in [9.17, 15) is 13.2 Å². The smallest absolute Gasteiger partial charge is 0.247 e. The summed E-state index contributed by atoms with van der Waals surface area (Å²) in [6.45, 7) is 2.88. The molecule has 0 unspecified atom stereocenters. The molecule has 31 heavy (non-hydrogen) atoms. The van der Waals surface area contributed by atoms with Crippen molar-refractivity contribution >= 4 is 15.9 Å². The molecule has 1 fully saturated rings. The van der Waals surface area contributed by atoms with Crippen molar-refractivity contribution in [1.29, 1.82) is 0 Å². The van der Waals surface area contributed by atoms with Crippen LogP contribution in [0.2, 0.25) is 0 Å². The fourth-order valence-corrected chi connectivity index (χ4v) is 5.88. The normalized spacial score (nSPS) is 15.2. The van der Waals surface area contributed by atoms with E-state index < -0.39 is 10.0 Å². The number of ether oxygens (including phenoxy) is 1. The van der Waals surface area contributed by atoms with Crippen LogP contribution < -0.4 is 10.1 Å². The van der Waals surface area contributed by atoms with Gasteiger partial charge in [-0.05, 0) is 43.9 Å². The lowest BCUT2D eigenvalue weighted by atomic mass is 9.95. The zero-order valence-electron chi connectivity index (χ0n) is 18.3. The predicted octanol–water partition coefficient (Wildman–Crippen LogP) is 2.73. The minimum absolute atomic E-state index is 0.119. The molecule has 1 aromatic carbocycles. The number of sulfonamides is 1. The van der Waals surface area contributed by atoms with Gasteiger partial charge in [-0.15, -0.1) is 0 Å². The number of nitrogens with one attached hydrogen (secondary N) is 1. The number of nitrogens with zero attached hydrogens (tertiary/aromatic N) is 3. The molecular weight excluding hydrogens is 416 g/mol. The molecule has 9 heteroatoms. The molecule has 1 amide bonds. The lowest BCUT2D eigenvalue weighted by Gasteiger charge is -2.33. The monoisotopic (exact) mass is 448 g/mol. The highest BCUT2D eigenvalue weighted by atomic mass is 32.2. The molecule has 1 saturated carbocycles. The van der Waals surface area contributed by atoms with E-state index in [2.05, 4.69) is 10.3 Å². The van der Waals surface area contributed by atoms with E-state index in [1.165, 1.54) is 11.4 Å². The summed E-state index contributed by atoms with van der Waals surface area (Å²) in [5, 5.41) is 2.87. The molecule has 1 aromatic heterocycles. The van der Waals surface area contributed by atoms with Crippen LogP contribution in [0.15, 0.2) is 41.8 Å². The zero-order valence-corrected chi connectivity index (χ0v) is 19.1. The van der Waals surface area contributed by atoms with E-state index in [1.807, 2.05) is 23.8 Å². The first-order valence-corrected chi connectivity index (χ1v) is 12.2. The number of amides is 1. The number of aromatic nitrogens is 2. The molecule has 0 radical (unpaired) electrons. The topological polar surface area (TPSA) is 93.5 Å². The van der Waals surface area contributed by atoms with Gasteiger partial charge in [-0.3, -0.25) is 4.79 Å². The number of aryl methyl sites for hydroxylation is 2. The third-order valence-corrected chi connectivity index (χ3v) is 7.58. The highest BCUT2D eigenvalue weighted by molar-refractivity contribution is 7.89. The highest BCUT2D eigenvalue weighted by Crippen LogP contribution is 2.32. The van der Waals surface area contributed by atoms with E-state index in [1.54, 1.807) is 24.7 Å². The third kappa shape index (κ3) is 6.07. The number of hydrogen-bond donors (Lipinski definition) is 1. The van der Waals surface area contributed by atoms with Crippen molar-refractivity contribution in [1.82, 2.24) is 19.2 Å². The number of carbonyl (C=O) groups is 1. The van der Waals surface area contributed by atoms with E-state index in [-0.39, 0.29) is 23.4 Å². The molecule has 0 spiro atoms. The van der Waals surface area contributed by atoms with Crippen LogP contribution in [0, 0.1) is 6.92 Å². The van der Waals surface area contributed by atoms with E-state index in [0.717, 1.165) is 50.6 Å². The first-order chi connectivity index (χ1) is 14.9. The summed E-state index contributed by atoms with van der Waals surface area (Å²) < 4.78 is 35.9. The quantitative estimate of drug-likeness (QED) is 0.564. The standard InChI is InChI=1S/C22H32N4O4S/c1-18-9-10-20(30-2)21(15-18)31(28,29)26(19-7-4-3-5-8-19)16-22(27)24-11-6-13-25-14-12-23-17-25/h9-10,12,14-15,17,19H,3-8,11,13,16H2,1-2H3,(H,24,27). The van der Waals surface area contributed by atoms with Crippen LogP contribution in [0.1, 0.15) is 44.1 Å². The Kier molecular flexibility index (Phi) is 8.09. The summed E-state index contributed by atoms with van der Waals surface area (Å²) in [5.74, 6) is 0.0125. The van der Waals surface area contributed by atoms with Gasteiger partial charge in [-0.2, -0.15) is 4.31 Å². The predicted molar refractivity (Wildman–Crippen MR) is 118 cm³/mol. The molecule has 0 atom stereocenters. The molecule has 8 nitrogen and oxygen atoms in total. The first-order valence-electron chi connectivity index (χ1n) is 10.8. The van der Waals surface area contributed by atoms with Crippen molar-refractivity contribution in [2.75, 3.05) is 20.2 Å². The van der Waals surface area contributed by atoms with Crippen molar-refractivity contribution in [2.45, 2.75) is 62.9 Å². The van der Waals surface area contributed by atoms with Gasteiger partial charge in [0.25, 0.3) is 0 Å². The summed E-state index contributed by atoms with van der Waals surface area (Å²) in [6, 6.07) is 4.92. The summed E-state index contributed by atoms with van der Waals surface area (Å²) in [6.07, 6.45) is 10.6. The number of methoxy groups -OCH3 is 1. The fraction of sp³-hybridized carbons (Fsp3) is 0.545.